The number of methoxy groups -OCH3 is 1. The maximum absolute atomic E-state index is 13.2. The van der Waals surface area contributed by atoms with E-state index in [-0.39, 0.29) is 10.8 Å². The van der Waals surface area contributed by atoms with Crippen molar-refractivity contribution in [1.82, 2.24) is 4.98 Å². The molecule has 0 aliphatic carbocycles. The minimum absolute atomic E-state index is 0.150. The van der Waals surface area contributed by atoms with Gasteiger partial charge in [0.25, 0.3) is 15.9 Å². The number of thiazole rings is 1. The van der Waals surface area contributed by atoms with Crippen LogP contribution >= 0.6 is 11.3 Å². The molecule has 35 heavy (non-hydrogen) atoms. The molecular formula is C26H23N3O4S2. The first kappa shape index (κ1) is 23.1. The average Bonchev–Trinajstić information content (AvgIpc) is 3.51. The number of hydrogen-bond acceptors (Lipinski definition) is 6. The van der Waals surface area contributed by atoms with Gasteiger partial charge in [-0.25, -0.2) is 13.4 Å². The molecule has 1 amide bonds. The highest BCUT2D eigenvalue weighted by Crippen LogP contribution is 2.33. The Bertz CT molecular complexity index is 1510. The molecule has 1 aromatic heterocycles. The van der Waals surface area contributed by atoms with Crippen LogP contribution in [0.1, 0.15) is 21.5 Å². The Kier molecular flexibility index (Phi) is 6.04. The number of hydrogen-bond donors (Lipinski definition) is 1. The summed E-state index contributed by atoms with van der Waals surface area (Å²) in [4.78, 5) is 17.4. The highest BCUT2D eigenvalue weighted by atomic mass is 32.2. The lowest BCUT2D eigenvalue weighted by Gasteiger charge is -2.19. The van der Waals surface area contributed by atoms with Gasteiger partial charge in [0, 0.05) is 23.1 Å². The van der Waals surface area contributed by atoms with E-state index >= 15 is 0 Å². The molecule has 0 bridgehead atoms. The number of rotatable bonds is 6. The summed E-state index contributed by atoms with van der Waals surface area (Å²) in [5.41, 5.74) is 4.75. The van der Waals surface area contributed by atoms with Gasteiger partial charge in [-0.3, -0.25) is 14.4 Å². The summed E-state index contributed by atoms with van der Waals surface area (Å²) >= 11 is 1.32. The second kappa shape index (κ2) is 9.16. The smallest absolute Gasteiger partial charge is 0.264 e. The van der Waals surface area contributed by atoms with E-state index in [0.29, 0.717) is 29.3 Å². The monoisotopic (exact) mass is 505 g/mol. The van der Waals surface area contributed by atoms with E-state index in [1.807, 2.05) is 54.8 Å². The molecule has 1 aliphatic rings. The normalized spacial score (nSPS) is 12.9. The van der Waals surface area contributed by atoms with Gasteiger partial charge < -0.3 is 4.74 Å². The summed E-state index contributed by atoms with van der Waals surface area (Å²) in [7, 11) is -2.08. The number of aromatic nitrogens is 1. The number of nitrogens with one attached hydrogen (secondary N) is 1. The molecule has 9 heteroatoms. The van der Waals surface area contributed by atoms with Crippen molar-refractivity contribution in [3.63, 3.8) is 0 Å². The first-order valence-corrected chi connectivity index (χ1v) is 13.3. The maximum Gasteiger partial charge on any atom is 0.264 e. The minimum atomic E-state index is -3.71. The number of benzene rings is 3. The van der Waals surface area contributed by atoms with Crippen molar-refractivity contribution in [2.45, 2.75) is 18.2 Å². The fourth-order valence-electron chi connectivity index (χ4n) is 4.13. The third-order valence-electron chi connectivity index (χ3n) is 5.96. The van der Waals surface area contributed by atoms with Gasteiger partial charge in [0.2, 0.25) is 0 Å². The summed E-state index contributed by atoms with van der Waals surface area (Å²) in [6, 6.07) is 19.3. The fourth-order valence-corrected chi connectivity index (χ4v) is 6.35. The van der Waals surface area contributed by atoms with E-state index in [9.17, 15) is 13.2 Å². The Hall–Kier alpha value is -3.69. The molecule has 0 unspecified atom stereocenters. The Morgan fingerprint density at radius 3 is 2.60 bits per heavy atom. The van der Waals surface area contributed by atoms with Crippen LogP contribution < -0.4 is 14.4 Å². The number of aryl methyl sites for hydroxylation is 1. The molecule has 0 spiro atoms. The largest absolute Gasteiger partial charge is 0.496 e. The maximum atomic E-state index is 13.2. The number of sulfonamides is 1. The summed E-state index contributed by atoms with van der Waals surface area (Å²) in [5, 5.41) is 5.13. The van der Waals surface area contributed by atoms with Crippen molar-refractivity contribution >= 4 is 38.1 Å². The predicted octanol–water partition coefficient (Wildman–Crippen LogP) is 5.13. The van der Waals surface area contributed by atoms with Crippen LogP contribution in [-0.2, 0) is 16.4 Å². The van der Waals surface area contributed by atoms with Crippen LogP contribution in [0, 0.1) is 6.92 Å². The third kappa shape index (κ3) is 4.40. The van der Waals surface area contributed by atoms with Gasteiger partial charge in [0.15, 0.2) is 5.13 Å². The van der Waals surface area contributed by atoms with Gasteiger partial charge in [0.1, 0.15) is 5.75 Å². The van der Waals surface area contributed by atoms with Gasteiger partial charge in [-0.05, 0) is 73.0 Å². The molecule has 0 saturated heterocycles. The molecule has 1 aliphatic heterocycles. The van der Waals surface area contributed by atoms with Crippen LogP contribution in [0.5, 0.6) is 5.75 Å². The average molecular weight is 506 g/mol. The van der Waals surface area contributed by atoms with Crippen molar-refractivity contribution in [2.75, 3.05) is 23.3 Å². The summed E-state index contributed by atoms with van der Waals surface area (Å²) in [5.74, 6) is 0.448. The molecule has 3 aromatic carbocycles. The van der Waals surface area contributed by atoms with Gasteiger partial charge in [0.05, 0.1) is 23.4 Å². The minimum Gasteiger partial charge on any atom is -0.496 e. The van der Waals surface area contributed by atoms with Crippen LogP contribution in [0.3, 0.4) is 0 Å². The number of anilines is 2. The molecule has 0 radical (unpaired) electrons. The lowest BCUT2D eigenvalue weighted by atomic mass is 10.1. The third-order valence-corrected chi connectivity index (χ3v) is 8.55. The Morgan fingerprint density at radius 1 is 1.09 bits per heavy atom. The van der Waals surface area contributed by atoms with Gasteiger partial charge in [-0.15, -0.1) is 11.3 Å². The van der Waals surface area contributed by atoms with E-state index in [4.69, 9.17) is 4.74 Å². The molecule has 5 rings (SSSR count). The van der Waals surface area contributed by atoms with Crippen molar-refractivity contribution < 1.29 is 17.9 Å². The standard InChI is InChI=1S/C26H23N3O4S2/c1-17-15-20(9-12-24(17)33-2)22-16-34-26(27-22)28-25(30)19-7-10-21(11-8-19)35(31,32)29-14-13-18-5-3-4-6-23(18)29/h3-12,15-16H,13-14H2,1-2H3,(H,27,28,30). The molecule has 1 N–H and O–H groups in total. The molecule has 0 saturated carbocycles. The van der Waals surface area contributed by atoms with Crippen molar-refractivity contribution in [3.05, 3.63) is 88.8 Å². The van der Waals surface area contributed by atoms with Gasteiger partial charge in [-0.1, -0.05) is 18.2 Å². The Morgan fingerprint density at radius 2 is 1.86 bits per heavy atom. The van der Waals surface area contributed by atoms with Crippen molar-refractivity contribution in [2.24, 2.45) is 0 Å². The number of carbonyl (C=O) groups excluding carboxylic acids is 1. The Balaban J connectivity index is 1.30. The number of para-hydroxylation sites is 1. The number of ether oxygens (including phenoxy) is 1. The van der Waals surface area contributed by atoms with E-state index in [2.05, 4.69) is 10.3 Å². The highest BCUT2D eigenvalue weighted by Gasteiger charge is 2.30. The quantitative estimate of drug-likeness (QED) is 0.392. The van der Waals surface area contributed by atoms with E-state index in [1.54, 1.807) is 7.11 Å². The molecule has 7 nitrogen and oxygen atoms in total. The van der Waals surface area contributed by atoms with E-state index < -0.39 is 10.0 Å². The fraction of sp³-hybridized carbons (Fsp3) is 0.154. The molecular weight excluding hydrogens is 482 g/mol. The zero-order valence-corrected chi connectivity index (χ0v) is 20.8. The van der Waals surface area contributed by atoms with Crippen LogP contribution in [0.25, 0.3) is 11.3 Å². The van der Waals surface area contributed by atoms with Gasteiger partial charge in [-0.2, -0.15) is 0 Å². The second-order valence-electron chi connectivity index (χ2n) is 8.16. The number of nitrogens with zero attached hydrogens (tertiary/aromatic N) is 2. The SMILES string of the molecule is COc1ccc(-c2csc(NC(=O)c3ccc(S(=O)(=O)N4CCc5ccccc54)cc3)n2)cc1C. The lowest BCUT2D eigenvalue weighted by molar-refractivity contribution is 0.102. The number of carbonyl (C=O) groups is 1. The number of fused-ring (bicyclic) bond motifs is 1. The van der Waals surface area contributed by atoms with E-state index in [0.717, 1.165) is 28.1 Å². The first-order chi connectivity index (χ1) is 16.9. The summed E-state index contributed by atoms with van der Waals surface area (Å²) < 4.78 is 33.1. The van der Waals surface area contributed by atoms with E-state index in [1.165, 1.54) is 39.9 Å². The molecule has 0 fully saturated rings. The van der Waals surface area contributed by atoms with Crippen LogP contribution in [0.2, 0.25) is 0 Å². The topological polar surface area (TPSA) is 88.6 Å². The molecule has 0 atom stereocenters. The summed E-state index contributed by atoms with van der Waals surface area (Å²) in [6.45, 7) is 2.37. The van der Waals surface area contributed by atoms with Crippen molar-refractivity contribution in [1.29, 1.82) is 0 Å². The molecule has 2 heterocycles. The van der Waals surface area contributed by atoms with Crippen LogP contribution in [0.15, 0.2) is 77.0 Å². The zero-order valence-electron chi connectivity index (χ0n) is 19.2. The van der Waals surface area contributed by atoms with Crippen molar-refractivity contribution in [3.8, 4) is 17.0 Å². The zero-order chi connectivity index (χ0) is 24.6. The Labute approximate surface area is 208 Å². The first-order valence-electron chi connectivity index (χ1n) is 11.0. The highest BCUT2D eigenvalue weighted by molar-refractivity contribution is 7.92. The lowest BCUT2D eigenvalue weighted by Crippen LogP contribution is -2.29. The second-order valence-corrected chi connectivity index (χ2v) is 10.9. The predicted molar refractivity (Wildman–Crippen MR) is 138 cm³/mol. The van der Waals surface area contributed by atoms with Crippen LogP contribution in [0.4, 0.5) is 10.8 Å². The molecule has 178 valence electrons. The van der Waals surface area contributed by atoms with Gasteiger partial charge >= 0.3 is 0 Å². The summed E-state index contributed by atoms with van der Waals surface area (Å²) in [6.07, 6.45) is 0.682. The number of amides is 1. The van der Waals surface area contributed by atoms with Crippen LogP contribution in [-0.4, -0.2) is 33.0 Å². The molecule has 4 aromatic rings.